The first-order valence-electron chi connectivity index (χ1n) is 12.1. The third-order valence-corrected chi connectivity index (χ3v) is 4.43. The molecule has 0 aliphatic rings. The van der Waals surface area contributed by atoms with Crippen LogP contribution in [0.25, 0.3) is 0 Å². The number of hydrogen-bond donors (Lipinski definition) is 2. The maximum atomic E-state index is 11.4. The van der Waals surface area contributed by atoms with E-state index in [1.807, 2.05) is 13.8 Å². The number of pyridine rings is 2. The second-order valence-electron chi connectivity index (χ2n) is 11.4. The number of nitrogen functional groups attached to an aromatic ring is 1. The highest BCUT2D eigenvalue weighted by Gasteiger charge is 2.24. The number of hydrogen-bond acceptors (Lipinski definition) is 10. The summed E-state index contributed by atoms with van der Waals surface area (Å²) < 4.78 is 18.9. The lowest BCUT2D eigenvalue weighted by Crippen LogP contribution is -2.29. The summed E-state index contributed by atoms with van der Waals surface area (Å²) in [5.41, 5.74) is 6.43. The predicted octanol–water partition coefficient (Wildman–Crippen LogP) is 7.89. The molecule has 2 aromatic rings. The van der Waals surface area contributed by atoms with Gasteiger partial charge in [-0.15, -0.1) is 0 Å². The van der Waals surface area contributed by atoms with Gasteiger partial charge in [0.25, 0.3) is 0 Å². The van der Waals surface area contributed by atoms with Crippen molar-refractivity contribution in [2.75, 3.05) is 11.1 Å². The first-order chi connectivity index (χ1) is 18.0. The summed E-state index contributed by atoms with van der Waals surface area (Å²) in [6, 6.07) is 3.52. The summed E-state index contributed by atoms with van der Waals surface area (Å²) in [5.74, 6) is 0. The fourth-order valence-corrected chi connectivity index (χ4v) is 2.44. The average Bonchev–Trinajstić information content (AvgIpc) is 2.70. The van der Waals surface area contributed by atoms with Gasteiger partial charge in [0, 0.05) is 0 Å². The van der Waals surface area contributed by atoms with Gasteiger partial charge in [-0.25, -0.2) is 24.4 Å². The largest absolute Gasteiger partial charge is 0.519 e. The molecule has 0 fully saturated rings. The molecule has 0 spiro atoms. The van der Waals surface area contributed by atoms with Crippen molar-refractivity contribution in [3.63, 3.8) is 0 Å². The molecule has 0 saturated carbocycles. The van der Waals surface area contributed by atoms with Gasteiger partial charge in [-0.2, -0.15) is 0 Å². The van der Waals surface area contributed by atoms with Crippen LogP contribution in [0.1, 0.15) is 73.4 Å². The van der Waals surface area contributed by atoms with Crippen LogP contribution in [-0.2, 0) is 18.9 Å². The van der Waals surface area contributed by atoms with Crippen molar-refractivity contribution in [1.82, 2.24) is 9.97 Å². The third-order valence-electron chi connectivity index (χ3n) is 3.64. The summed E-state index contributed by atoms with van der Waals surface area (Å²) >= 11 is 11.4. The van der Waals surface area contributed by atoms with E-state index in [0.717, 1.165) is 11.1 Å². The molecule has 0 bridgehead atoms. The van der Waals surface area contributed by atoms with E-state index in [4.69, 9.17) is 43.1 Å². The van der Waals surface area contributed by atoms with Gasteiger partial charge in [-0.1, -0.05) is 23.2 Å². The number of carbonyl (C=O) groups excluding carboxylic acids is 3. The highest BCUT2D eigenvalue weighted by molar-refractivity contribution is 6.30. The van der Waals surface area contributed by atoms with Crippen LogP contribution >= 0.6 is 23.2 Å². The Morgan fingerprint density at radius 2 is 1.12 bits per heavy atom. The summed E-state index contributed by atoms with van der Waals surface area (Å²) in [4.78, 5) is 41.2. The number of carbonyl (C=O) groups is 3. The Kier molecular flexibility index (Phi) is 14.2. The number of nitrogens with two attached hydrogens (primary N) is 1. The molecule has 0 aliphatic carbocycles. The van der Waals surface area contributed by atoms with Gasteiger partial charge in [0.05, 0.1) is 23.8 Å². The normalized spacial score (nSPS) is 11.0. The van der Waals surface area contributed by atoms with Gasteiger partial charge < -0.3 is 24.7 Å². The van der Waals surface area contributed by atoms with Crippen LogP contribution in [0.3, 0.4) is 0 Å². The molecular weight excluding hydrogens is 563 g/mol. The topological polar surface area (TPSA) is 152 Å². The van der Waals surface area contributed by atoms with E-state index >= 15 is 0 Å². The second-order valence-corrected chi connectivity index (χ2v) is 12.1. The van der Waals surface area contributed by atoms with Crippen molar-refractivity contribution < 1.29 is 33.3 Å². The number of aromatic nitrogens is 2. The molecule has 2 rings (SSSR count). The molecule has 2 aromatic heterocycles. The second kappa shape index (κ2) is 15.5. The molecule has 11 nitrogen and oxygen atoms in total. The molecule has 13 heteroatoms. The number of anilines is 2. The minimum Gasteiger partial charge on any atom is -0.444 e. The smallest absolute Gasteiger partial charge is 0.444 e. The summed E-state index contributed by atoms with van der Waals surface area (Å²) in [6.45, 7) is 19.1. The van der Waals surface area contributed by atoms with Crippen molar-refractivity contribution >= 4 is 53.0 Å². The Hall–Kier alpha value is -3.31. The maximum Gasteiger partial charge on any atom is 0.519 e. The Labute approximate surface area is 246 Å². The summed E-state index contributed by atoms with van der Waals surface area (Å²) in [7, 11) is 0. The van der Waals surface area contributed by atoms with E-state index in [1.54, 1.807) is 74.4 Å². The molecule has 0 aromatic carbocycles. The predicted molar refractivity (Wildman–Crippen MR) is 156 cm³/mol. The highest BCUT2D eigenvalue weighted by atomic mass is 35.5. The van der Waals surface area contributed by atoms with Crippen LogP contribution < -0.4 is 11.1 Å². The van der Waals surface area contributed by atoms with E-state index < -0.39 is 35.2 Å². The van der Waals surface area contributed by atoms with E-state index in [9.17, 15) is 14.4 Å². The Morgan fingerprint density at radius 3 is 1.48 bits per heavy atom. The number of nitrogens with one attached hydrogen (secondary N) is 1. The lowest BCUT2D eigenvalue weighted by Gasteiger charge is -2.20. The maximum absolute atomic E-state index is 11.4. The van der Waals surface area contributed by atoms with Crippen molar-refractivity contribution in [2.24, 2.45) is 0 Å². The van der Waals surface area contributed by atoms with Crippen LogP contribution in [0.2, 0.25) is 10.3 Å². The molecule has 0 unspecified atom stereocenters. The number of ether oxygens (including phenoxy) is 4. The molecule has 2 heterocycles. The summed E-state index contributed by atoms with van der Waals surface area (Å²) in [6.07, 6.45) is 0.402. The first kappa shape index (κ1) is 36.7. The SMILES string of the molecule is CC(C)(C)OC(=O)OC(=O)OC(C)(C)C.Cc1cc(N)cnc1Cl.Cc1cc(NC(=O)OC(C)(C)C)cnc1Cl. The fraction of sp³-hybridized carbons (Fsp3) is 0.519. The van der Waals surface area contributed by atoms with Crippen molar-refractivity contribution in [3.05, 3.63) is 46.0 Å². The molecule has 1 amide bonds. The van der Waals surface area contributed by atoms with E-state index in [-0.39, 0.29) is 0 Å². The molecule has 40 heavy (non-hydrogen) atoms. The van der Waals surface area contributed by atoms with Gasteiger partial charge in [0.1, 0.15) is 27.1 Å². The van der Waals surface area contributed by atoms with Crippen LogP contribution in [0.5, 0.6) is 0 Å². The minimum absolute atomic E-state index is 0.426. The Bertz CT molecular complexity index is 1130. The standard InChI is InChI=1S/C11H15ClN2O2.C10H18O5.C6H7ClN2/c1-7-5-8(6-13-9(7)12)14-10(15)16-11(2,3)4;1-9(2,3)14-7(11)13-8(12)15-10(4,5)6;1-4-2-5(8)3-9-6(4)7/h5-6H,1-4H3,(H,14,15);1-6H3;2-3H,8H2,1H3. The highest BCUT2D eigenvalue weighted by Crippen LogP contribution is 2.17. The molecular formula is C27H40Cl2N4O7. The van der Waals surface area contributed by atoms with E-state index in [1.165, 1.54) is 12.4 Å². The fourth-order valence-electron chi connectivity index (χ4n) is 2.24. The first-order valence-corrected chi connectivity index (χ1v) is 12.9. The quantitative estimate of drug-likeness (QED) is 0.142. The van der Waals surface area contributed by atoms with Gasteiger partial charge in [0.2, 0.25) is 0 Å². The molecule has 0 aliphatic heterocycles. The number of amides is 1. The lowest BCUT2D eigenvalue weighted by atomic mass is 10.2. The van der Waals surface area contributed by atoms with Gasteiger partial charge >= 0.3 is 18.4 Å². The van der Waals surface area contributed by atoms with Gasteiger partial charge in [-0.3, -0.25) is 5.32 Å². The zero-order valence-electron chi connectivity index (χ0n) is 24.9. The van der Waals surface area contributed by atoms with Crippen molar-refractivity contribution in [1.29, 1.82) is 0 Å². The van der Waals surface area contributed by atoms with E-state index in [0.29, 0.717) is 21.7 Å². The Balaban J connectivity index is 0.000000592. The zero-order chi connectivity index (χ0) is 31.5. The van der Waals surface area contributed by atoms with Gasteiger partial charge in [-0.05, 0) is 99.4 Å². The number of halogens is 2. The Morgan fingerprint density at radius 1 is 0.725 bits per heavy atom. The number of nitrogens with zero attached hydrogens (tertiary/aromatic N) is 2. The summed E-state index contributed by atoms with van der Waals surface area (Å²) in [5, 5.41) is 3.53. The van der Waals surface area contributed by atoms with E-state index in [2.05, 4.69) is 20.0 Å². The molecule has 0 radical (unpaired) electrons. The van der Waals surface area contributed by atoms with Crippen LogP contribution in [0.4, 0.5) is 25.8 Å². The van der Waals surface area contributed by atoms with Crippen LogP contribution in [0, 0.1) is 13.8 Å². The molecule has 0 saturated heterocycles. The zero-order valence-corrected chi connectivity index (χ0v) is 26.4. The lowest BCUT2D eigenvalue weighted by molar-refractivity contribution is -0.0294. The van der Waals surface area contributed by atoms with Crippen LogP contribution in [0.15, 0.2) is 24.5 Å². The van der Waals surface area contributed by atoms with Crippen molar-refractivity contribution in [2.45, 2.75) is 93.0 Å². The third kappa shape index (κ3) is 18.9. The molecule has 224 valence electrons. The van der Waals surface area contributed by atoms with Gasteiger partial charge in [0.15, 0.2) is 0 Å². The average molecular weight is 604 g/mol. The minimum atomic E-state index is -1.06. The van der Waals surface area contributed by atoms with Crippen LogP contribution in [-0.4, -0.2) is 45.2 Å². The monoisotopic (exact) mass is 602 g/mol. The van der Waals surface area contributed by atoms with Crippen molar-refractivity contribution in [3.8, 4) is 0 Å². The number of aryl methyl sites for hydroxylation is 2. The molecule has 0 atom stereocenters. The molecule has 3 N–H and O–H groups in total. The number of rotatable bonds is 1.